The van der Waals surface area contributed by atoms with Crippen LogP contribution in [0.4, 0.5) is 0 Å². The van der Waals surface area contributed by atoms with Crippen LogP contribution in [0.3, 0.4) is 0 Å². The Bertz CT molecular complexity index is 207. The van der Waals surface area contributed by atoms with Crippen molar-refractivity contribution in [1.29, 1.82) is 0 Å². The molecule has 0 aromatic rings. The molecule has 14 heavy (non-hydrogen) atoms. The van der Waals surface area contributed by atoms with Crippen molar-refractivity contribution in [2.45, 2.75) is 57.5 Å². The monoisotopic (exact) mass is 197 g/mol. The molecular weight excluding hydrogens is 174 g/mol. The standard InChI is InChI=1S/C12H23NO/c1-10-4-2-7-12(14,8-10)11(9-13)5-3-6-11/h10,14H,2-9,13H2,1H3. The van der Waals surface area contributed by atoms with Crippen molar-refractivity contribution in [2.75, 3.05) is 6.54 Å². The van der Waals surface area contributed by atoms with E-state index in [9.17, 15) is 5.11 Å². The van der Waals surface area contributed by atoms with Crippen LogP contribution < -0.4 is 5.73 Å². The molecule has 2 rings (SSSR count). The Labute approximate surface area is 86.9 Å². The second-order valence-electron chi connectivity index (χ2n) is 5.57. The van der Waals surface area contributed by atoms with Crippen molar-refractivity contribution in [1.82, 2.24) is 0 Å². The summed E-state index contributed by atoms with van der Waals surface area (Å²) in [6.45, 7) is 2.93. The van der Waals surface area contributed by atoms with E-state index in [0.717, 1.165) is 25.7 Å². The van der Waals surface area contributed by atoms with Gasteiger partial charge in [0.05, 0.1) is 5.60 Å². The number of nitrogens with two attached hydrogens (primary N) is 1. The molecule has 0 radical (unpaired) electrons. The lowest BCUT2D eigenvalue weighted by atomic mass is 9.54. The van der Waals surface area contributed by atoms with Gasteiger partial charge in [-0.05, 0) is 31.6 Å². The lowest BCUT2D eigenvalue weighted by molar-refractivity contribution is -0.151. The summed E-state index contributed by atoms with van der Waals surface area (Å²) >= 11 is 0. The van der Waals surface area contributed by atoms with Crippen LogP contribution in [0.15, 0.2) is 0 Å². The molecule has 2 aliphatic rings. The SMILES string of the molecule is CC1CCCC(O)(C2(CN)CCC2)C1. The molecule has 0 bridgehead atoms. The summed E-state index contributed by atoms with van der Waals surface area (Å²) in [4.78, 5) is 0. The van der Waals surface area contributed by atoms with Gasteiger partial charge in [0.15, 0.2) is 0 Å². The smallest absolute Gasteiger partial charge is 0.0718 e. The summed E-state index contributed by atoms with van der Waals surface area (Å²) in [5, 5.41) is 10.7. The third-order valence-corrected chi connectivity index (χ3v) is 4.66. The van der Waals surface area contributed by atoms with Crippen LogP contribution in [-0.4, -0.2) is 17.3 Å². The zero-order valence-electron chi connectivity index (χ0n) is 9.26. The molecule has 2 fully saturated rings. The number of hydrogen-bond acceptors (Lipinski definition) is 2. The van der Waals surface area contributed by atoms with Gasteiger partial charge in [-0.25, -0.2) is 0 Å². The Morgan fingerprint density at radius 2 is 2.00 bits per heavy atom. The summed E-state index contributed by atoms with van der Waals surface area (Å²) in [5.74, 6) is 0.678. The summed E-state index contributed by atoms with van der Waals surface area (Å²) in [5.41, 5.74) is 5.52. The molecule has 2 unspecified atom stereocenters. The number of aliphatic hydroxyl groups is 1. The third kappa shape index (κ3) is 1.40. The molecule has 0 amide bonds. The van der Waals surface area contributed by atoms with Gasteiger partial charge in [-0.3, -0.25) is 0 Å². The first-order valence-electron chi connectivity index (χ1n) is 6.04. The summed E-state index contributed by atoms with van der Waals surface area (Å²) in [6.07, 6.45) is 7.97. The van der Waals surface area contributed by atoms with Crippen LogP contribution >= 0.6 is 0 Å². The zero-order chi connectivity index (χ0) is 10.2. The molecule has 0 aromatic carbocycles. The van der Waals surface area contributed by atoms with Gasteiger partial charge in [0, 0.05) is 12.0 Å². The molecule has 2 atom stereocenters. The largest absolute Gasteiger partial charge is 0.389 e. The molecule has 2 saturated carbocycles. The van der Waals surface area contributed by atoms with E-state index in [1.807, 2.05) is 0 Å². The van der Waals surface area contributed by atoms with Gasteiger partial charge in [0.2, 0.25) is 0 Å². The van der Waals surface area contributed by atoms with Crippen LogP contribution in [0.2, 0.25) is 0 Å². The fourth-order valence-corrected chi connectivity index (χ4v) is 3.47. The zero-order valence-corrected chi connectivity index (χ0v) is 9.26. The van der Waals surface area contributed by atoms with Crippen molar-refractivity contribution in [3.8, 4) is 0 Å². The lowest BCUT2D eigenvalue weighted by Gasteiger charge is -2.55. The lowest BCUT2D eigenvalue weighted by Crippen LogP contribution is -2.58. The van der Waals surface area contributed by atoms with E-state index < -0.39 is 5.60 Å². The maximum Gasteiger partial charge on any atom is 0.0718 e. The van der Waals surface area contributed by atoms with Crippen molar-refractivity contribution >= 4 is 0 Å². The summed E-state index contributed by atoms with van der Waals surface area (Å²) in [7, 11) is 0. The second kappa shape index (κ2) is 3.49. The topological polar surface area (TPSA) is 46.2 Å². The van der Waals surface area contributed by atoms with Crippen LogP contribution in [0.25, 0.3) is 0 Å². The molecule has 82 valence electrons. The molecule has 0 saturated heterocycles. The molecule has 0 aliphatic heterocycles. The predicted octanol–water partition coefficient (Wildman–Crippen LogP) is 2.06. The maximum atomic E-state index is 10.7. The van der Waals surface area contributed by atoms with Gasteiger partial charge in [-0.2, -0.15) is 0 Å². The normalized spacial score (nSPS) is 41.8. The van der Waals surface area contributed by atoms with E-state index in [2.05, 4.69) is 6.92 Å². The average molecular weight is 197 g/mol. The molecule has 0 aromatic heterocycles. The van der Waals surface area contributed by atoms with Crippen LogP contribution in [0.1, 0.15) is 51.9 Å². The molecule has 2 heteroatoms. The van der Waals surface area contributed by atoms with E-state index in [-0.39, 0.29) is 5.41 Å². The summed E-state index contributed by atoms with van der Waals surface area (Å²) < 4.78 is 0. The predicted molar refractivity (Wildman–Crippen MR) is 57.9 cm³/mol. The first-order chi connectivity index (χ1) is 6.62. The molecule has 2 nitrogen and oxygen atoms in total. The first-order valence-corrected chi connectivity index (χ1v) is 6.04. The molecular formula is C12H23NO. The van der Waals surface area contributed by atoms with Crippen LogP contribution in [-0.2, 0) is 0 Å². The molecule has 3 N–H and O–H groups in total. The van der Waals surface area contributed by atoms with Gasteiger partial charge in [-0.15, -0.1) is 0 Å². The highest BCUT2D eigenvalue weighted by Crippen LogP contribution is 2.54. The second-order valence-corrected chi connectivity index (χ2v) is 5.57. The maximum absolute atomic E-state index is 10.7. The van der Waals surface area contributed by atoms with Crippen LogP contribution in [0.5, 0.6) is 0 Å². The van der Waals surface area contributed by atoms with E-state index in [0.29, 0.717) is 12.5 Å². The minimum Gasteiger partial charge on any atom is -0.389 e. The van der Waals surface area contributed by atoms with Gasteiger partial charge < -0.3 is 10.8 Å². The highest BCUT2D eigenvalue weighted by molar-refractivity contribution is 5.06. The quantitative estimate of drug-likeness (QED) is 0.711. The van der Waals surface area contributed by atoms with E-state index in [4.69, 9.17) is 5.73 Å². The highest BCUT2D eigenvalue weighted by atomic mass is 16.3. The van der Waals surface area contributed by atoms with Gasteiger partial charge in [0.1, 0.15) is 0 Å². The van der Waals surface area contributed by atoms with Crippen molar-refractivity contribution in [3.63, 3.8) is 0 Å². The Hall–Kier alpha value is -0.0800. The third-order valence-electron chi connectivity index (χ3n) is 4.66. The van der Waals surface area contributed by atoms with E-state index in [1.165, 1.54) is 19.3 Å². The van der Waals surface area contributed by atoms with Crippen molar-refractivity contribution in [3.05, 3.63) is 0 Å². The molecule has 0 spiro atoms. The number of rotatable bonds is 2. The van der Waals surface area contributed by atoms with E-state index in [1.54, 1.807) is 0 Å². The first kappa shape index (κ1) is 10.4. The fraction of sp³-hybridized carbons (Fsp3) is 1.00. The molecule has 2 aliphatic carbocycles. The Morgan fingerprint density at radius 1 is 1.29 bits per heavy atom. The van der Waals surface area contributed by atoms with E-state index >= 15 is 0 Å². The fourth-order valence-electron chi connectivity index (χ4n) is 3.47. The van der Waals surface area contributed by atoms with Gasteiger partial charge >= 0.3 is 0 Å². The molecule has 0 heterocycles. The average Bonchev–Trinajstić information content (AvgIpc) is 2.01. The van der Waals surface area contributed by atoms with Gasteiger partial charge in [-0.1, -0.05) is 26.2 Å². The Kier molecular flexibility index (Phi) is 2.61. The van der Waals surface area contributed by atoms with Crippen molar-refractivity contribution in [2.24, 2.45) is 17.1 Å². The Morgan fingerprint density at radius 3 is 2.43 bits per heavy atom. The minimum absolute atomic E-state index is 0.0850. The highest BCUT2D eigenvalue weighted by Gasteiger charge is 2.53. The van der Waals surface area contributed by atoms with Crippen molar-refractivity contribution < 1.29 is 5.11 Å². The van der Waals surface area contributed by atoms with Gasteiger partial charge in [0.25, 0.3) is 0 Å². The minimum atomic E-state index is -0.433. The number of hydrogen-bond donors (Lipinski definition) is 2. The Balaban J connectivity index is 2.12. The van der Waals surface area contributed by atoms with Crippen LogP contribution in [0, 0.1) is 11.3 Å². The summed E-state index contributed by atoms with van der Waals surface area (Å²) in [6, 6.07) is 0.